The maximum absolute atomic E-state index is 5.79. The van der Waals surface area contributed by atoms with Gasteiger partial charge in [-0.3, -0.25) is 0 Å². The fourth-order valence-corrected chi connectivity index (χ4v) is 2.73. The predicted molar refractivity (Wildman–Crippen MR) is 61.6 cm³/mol. The van der Waals surface area contributed by atoms with Crippen molar-refractivity contribution in [1.82, 2.24) is 15.0 Å². The molecule has 2 N–H and O–H groups in total. The van der Waals surface area contributed by atoms with Crippen LogP contribution in [0.25, 0.3) is 11.0 Å². The number of pyridine rings is 1. The van der Waals surface area contributed by atoms with E-state index in [1.54, 1.807) is 0 Å². The van der Waals surface area contributed by atoms with E-state index in [-0.39, 0.29) is 0 Å². The molecule has 1 aliphatic heterocycles. The second kappa shape index (κ2) is 3.34. The van der Waals surface area contributed by atoms with Crippen molar-refractivity contribution in [2.45, 2.75) is 12.2 Å². The van der Waals surface area contributed by atoms with Gasteiger partial charge in [-0.15, -0.1) is 0 Å². The minimum Gasteiger partial charge on any atom is -0.383 e. The van der Waals surface area contributed by atoms with Gasteiger partial charge in [0.15, 0.2) is 5.65 Å². The minimum atomic E-state index is 0.522. The lowest BCUT2D eigenvalue weighted by molar-refractivity contribution is 1.02. The number of nitrogens with zero attached hydrogens (tertiary/aromatic N) is 3. The third kappa shape index (κ3) is 1.43. The molecule has 5 heteroatoms. The first-order chi connectivity index (χ1) is 7.34. The molecule has 0 radical (unpaired) electrons. The van der Waals surface area contributed by atoms with Crippen molar-refractivity contribution < 1.29 is 0 Å². The van der Waals surface area contributed by atoms with Crippen LogP contribution in [0.15, 0.2) is 12.4 Å². The summed E-state index contributed by atoms with van der Waals surface area (Å²) in [6.45, 7) is 0. The molecule has 3 heterocycles. The van der Waals surface area contributed by atoms with Gasteiger partial charge >= 0.3 is 0 Å². The number of nitrogen functional groups attached to an aromatic ring is 1. The zero-order valence-electron chi connectivity index (χ0n) is 8.10. The van der Waals surface area contributed by atoms with E-state index < -0.39 is 0 Å². The Labute approximate surface area is 91.3 Å². The summed E-state index contributed by atoms with van der Waals surface area (Å²) in [6, 6.07) is 2.09. The van der Waals surface area contributed by atoms with Crippen LogP contribution < -0.4 is 5.73 Å². The van der Waals surface area contributed by atoms with Gasteiger partial charge in [-0.25, -0.2) is 15.0 Å². The Morgan fingerprint density at radius 3 is 3.20 bits per heavy atom. The molecule has 2 aromatic rings. The lowest BCUT2D eigenvalue weighted by Crippen LogP contribution is -2.06. The molecular weight excluding hydrogens is 208 g/mol. The zero-order chi connectivity index (χ0) is 10.3. The Kier molecular flexibility index (Phi) is 1.98. The maximum atomic E-state index is 5.79. The first-order valence-corrected chi connectivity index (χ1v) is 5.97. The lowest BCUT2D eigenvalue weighted by Gasteiger charge is -2.14. The van der Waals surface area contributed by atoms with Crippen molar-refractivity contribution >= 4 is 28.6 Å². The summed E-state index contributed by atoms with van der Waals surface area (Å²) < 4.78 is 0. The Morgan fingerprint density at radius 1 is 1.33 bits per heavy atom. The summed E-state index contributed by atoms with van der Waals surface area (Å²) in [5.41, 5.74) is 8.95. The third-order valence-electron chi connectivity index (χ3n) is 2.58. The van der Waals surface area contributed by atoms with Crippen LogP contribution in [-0.2, 0) is 12.2 Å². The van der Waals surface area contributed by atoms with E-state index in [1.807, 2.05) is 11.8 Å². The molecule has 3 rings (SSSR count). The third-order valence-corrected chi connectivity index (χ3v) is 3.55. The Morgan fingerprint density at radius 2 is 2.27 bits per heavy atom. The summed E-state index contributed by atoms with van der Waals surface area (Å²) in [7, 11) is 0. The molecule has 15 heavy (non-hydrogen) atoms. The van der Waals surface area contributed by atoms with Crippen molar-refractivity contribution in [3.63, 3.8) is 0 Å². The van der Waals surface area contributed by atoms with E-state index in [0.29, 0.717) is 11.5 Å². The Hall–Kier alpha value is -1.36. The van der Waals surface area contributed by atoms with Gasteiger partial charge in [-0.1, -0.05) is 0 Å². The van der Waals surface area contributed by atoms with Crippen LogP contribution in [0.5, 0.6) is 0 Å². The highest BCUT2D eigenvalue weighted by atomic mass is 32.2. The van der Waals surface area contributed by atoms with Gasteiger partial charge in [0.05, 0.1) is 11.1 Å². The van der Waals surface area contributed by atoms with Crippen molar-refractivity contribution in [3.05, 3.63) is 23.7 Å². The van der Waals surface area contributed by atoms with Crippen LogP contribution in [-0.4, -0.2) is 20.7 Å². The van der Waals surface area contributed by atoms with Crippen LogP contribution >= 0.6 is 11.8 Å². The number of hydrogen-bond donors (Lipinski definition) is 1. The zero-order valence-corrected chi connectivity index (χ0v) is 8.92. The SMILES string of the molecule is Nc1ncnc2nc3c(cc12)CCSC3. The number of fused-ring (bicyclic) bond motifs is 2. The number of aryl methyl sites for hydroxylation is 1. The van der Waals surface area contributed by atoms with Gasteiger partial charge in [0.25, 0.3) is 0 Å². The smallest absolute Gasteiger partial charge is 0.164 e. The highest BCUT2D eigenvalue weighted by Crippen LogP contribution is 2.26. The molecule has 0 fully saturated rings. The molecule has 0 amide bonds. The second-order valence-electron chi connectivity index (χ2n) is 3.53. The summed E-state index contributed by atoms with van der Waals surface area (Å²) in [5, 5.41) is 0.878. The van der Waals surface area contributed by atoms with Gasteiger partial charge in [0.2, 0.25) is 0 Å². The molecule has 0 aliphatic carbocycles. The van der Waals surface area contributed by atoms with Crippen LogP contribution in [0.1, 0.15) is 11.3 Å². The molecule has 4 nitrogen and oxygen atoms in total. The van der Waals surface area contributed by atoms with Gasteiger partial charge in [0.1, 0.15) is 12.1 Å². The number of rotatable bonds is 0. The van der Waals surface area contributed by atoms with Crippen molar-refractivity contribution in [3.8, 4) is 0 Å². The summed E-state index contributed by atoms with van der Waals surface area (Å²) in [6.07, 6.45) is 2.53. The van der Waals surface area contributed by atoms with E-state index in [0.717, 1.165) is 29.0 Å². The maximum Gasteiger partial charge on any atom is 0.164 e. The van der Waals surface area contributed by atoms with Crippen molar-refractivity contribution in [1.29, 1.82) is 0 Å². The number of thioether (sulfide) groups is 1. The van der Waals surface area contributed by atoms with Crippen molar-refractivity contribution in [2.75, 3.05) is 11.5 Å². The van der Waals surface area contributed by atoms with Crippen LogP contribution in [0.4, 0.5) is 5.82 Å². The molecule has 2 aromatic heterocycles. The monoisotopic (exact) mass is 218 g/mol. The molecule has 0 bridgehead atoms. The molecule has 1 aliphatic rings. The van der Waals surface area contributed by atoms with Gasteiger partial charge < -0.3 is 5.73 Å². The fourth-order valence-electron chi connectivity index (χ4n) is 1.78. The Balaban J connectivity index is 2.31. The quantitative estimate of drug-likeness (QED) is 0.724. The first-order valence-electron chi connectivity index (χ1n) is 4.81. The van der Waals surface area contributed by atoms with Gasteiger partial charge in [0, 0.05) is 5.75 Å². The largest absolute Gasteiger partial charge is 0.383 e. The van der Waals surface area contributed by atoms with E-state index in [2.05, 4.69) is 21.0 Å². The molecule has 0 atom stereocenters. The number of aromatic nitrogens is 3. The highest BCUT2D eigenvalue weighted by molar-refractivity contribution is 7.98. The number of hydrogen-bond acceptors (Lipinski definition) is 5. The second-order valence-corrected chi connectivity index (χ2v) is 4.63. The van der Waals surface area contributed by atoms with Crippen LogP contribution in [0, 0.1) is 0 Å². The van der Waals surface area contributed by atoms with Crippen molar-refractivity contribution in [2.24, 2.45) is 0 Å². The molecular formula is C10H10N4S. The van der Waals surface area contributed by atoms with Crippen LogP contribution in [0.2, 0.25) is 0 Å². The van der Waals surface area contributed by atoms with Gasteiger partial charge in [-0.05, 0) is 23.8 Å². The lowest BCUT2D eigenvalue weighted by atomic mass is 10.1. The standard InChI is InChI=1S/C10H10N4S/c11-9-7-3-6-1-2-15-4-8(6)14-10(7)13-5-12-9/h3,5H,1-2,4H2,(H2,11,12,13,14). The summed E-state index contributed by atoms with van der Waals surface area (Å²) in [5.74, 6) is 2.66. The minimum absolute atomic E-state index is 0.522. The molecule has 0 spiro atoms. The highest BCUT2D eigenvalue weighted by Gasteiger charge is 2.13. The molecule has 0 saturated carbocycles. The normalized spacial score (nSPS) is 15.2. The summed E-state index contributed by atoms with van der Waals surface area (Å²) >= 11 is 1.91. The van der Waals surface area contributed by atoms with E-state index in [4.69, 9.17) is 5.73 Å². The number of nitrogens with two attached hydrogens (primary N) is 1. The Bertz CT molecular complexity index is 526. The number of anilines is 1. The van der Waals surface area contributed by atoms with Crippen LogP contribution in [0.3, 0.4) is 0 Å². The summed E-state index contributed by atoms with van der Waals surface area (Å²) in [4.78, 5) is 12.6. The van der Waals surface area contributed by atoms with E-state index in [9.17, 15) is 0 Å². The van der Waals surface area contributed by atoms with Gasteiger partial charge in [-0.2, -0.15) is 11.8 Å². The van der Waals surface area contributed by atoms with E-state index >= 15 is 0 Å². The average molecular weight is 218 g/mol. The fraction of sp³-hybridized carbons (Fsp3) is 0.300. The molecule has 0 aromatic carbocycles. The molecule has 0 saturated heterocycles. The average Bonchev–Trinajstić information content (AvgIpc) is 2.27. The topological polar surface area (TPSA) is 64.7 Å². The molecule has 76 valence electrons. The first kappa shape index (κ1) is 8.91. The van der Waals surface area contributed by atoms with E-state index in [1.165, 1.54) is 11.9 Å². The molecule has 0 unspecified atom stereocenters. The predicted octanol–water partition coefficient (Wildman–Crippen LogP) is 1.40.